The number of halogens is 4. The van der Waals surface area contributed by atoms with Gasteiger partial charge in [0.25, 0.3) is 0 Å². The topological polar surface area (TPSA) is 53.6 Å². The van der Waals surface area contributed by atoms with Crippen LogP contribution in [0.4, 0.5) is 18.9 Å². The van der Waals surface area contributed by atoms with E-state index in [1.54, 1.807) is 6.07 Å². The number of hydrogen-bond acceptors (Lipinski definition) is 4. The number of anilines is 1. The molecule has 0 bridgehead atoms. The molecule has 0 aliphatic carbocycles. The Hall–Kier alpha value is -2.29. The van der Waals surface area contributed by atoms with Crippen LogP contribution in [0.3, 0.4) is 0 Å². The molecule has 0 radical (unpaired) electrons. The van der Waals surface area contributed by atoms with Crippen molar-refractivity contribution in [2.75, 3.05) is 44.7 Å². The molecule has 1 saturated heterocycles. The molecule has 9 heteroatoms. The second-order valence-electron chi connectivity index (χ2n) is 6.92. The monoisotopic (exact) mass is 441 g/mol. The molecular weight excluding hydrogens is 419 g/mol. The minimum Gasteiger partial charge on any atom is -0.379 e. The number of hydrogen-bond donors (Lipinski definition) is 2. The summed E-state index contributed by atoms with van der Waals surface area (Å²) in [7, 11) is 0. The predicted octanol–water partition coefficient (Wildman–Crippen LogP) is 3.96. The van der Waals surface area contributed by atoms with Crippen molar-refractivity contribution < 1.29 is 22.7 Å². The van der Waals surface area contributed by atoms with Crippen LogP contribution in [-0.4, -0.2) is 50.2 Å². The highest BCUT2D eigenvalue weighted by molar-refractivity contribution is 6.31. The molecule has 2 aromatic rings. The van der Waals surface area contributed by atoms with Gasteiger partial charge in [-0.05, 0) is 29.8 Å². The summed E-state index contributed by atoms with van der Waals surface area (Å²) in [5.41, 5.74) is 0.377. The van der Waals surface area contributed by atoms with Crippen LogP contribution >= 0.6 is 11.6 Å². The molecule has 1 atom stereocenters. The largest absolute Gasteiger partial charge is 0.416 e. The third-order valence-electron chi connectivity index (χ3n) is 4.89. The highest BCUT2D eigenvalue weighted by atomic mass is 35.5. The van der Waals surface area contributed by atoms with Crippen molar-refractivity contribution in [3.05, 3.63) is 64.7 Å². The number of carbonyl (C=O) groups is 1. The first kappa shape index (κ1) is 22.4. The molecular formula is C21H23ClF3N3O2. The Morgan fingerprint density at radius 2 is 1.87 bits per heavy atom. The number of nitrogens with one attached hydrogen (secondary N) is 2. The Bertz CT molecular complexity index is 857. The zero-order valence-corrected chi connectivity index (χ0v) is 17.0. The molecule has 1 fully saturated rings. The van der Waals surface area contributed by atoms with Crippen LogP contribution in [0.15, 0.2) is 48.5 Å². The summed E-state index contributed by atoms with van der Waals surface area (Å²) in [4.78, 5) is 14.5. The van der Waals surface area contributed by atoms with E-state index in [2.05, 4.69) is 15.5 Å². The second kappa shape index (κ2) is 10.1. The van der Waals surface area contributed by atoms with Gasteiger partial charge < -0.3 is 15.4 Å². The van der Waals surface area contributed by atoms with E-state index >= 15 is 0 Å². The molecule has 2 aromatic carbocycles. The van der Waals surface area contributed by atoms with Crippen molar-refractivity contribution >= 4 is 23.2 Å². The van der Waals surface area contributed by atoms with Crippen LogP contribution < -0.4 is 10.6 Å². The number of carbonyl (C=O) groups excluding carboxylic acids is 1. The van der Waals surface area contributed by atoms with Crippen molar-refractivity contribution in [1.29, 1.82) is 0 Å². The van der Waals surface area contributed by atoms with Crippen LogP contribution in [0.1, 0.15) is 17.2 Å². The number of ether oxygens (including phenoxy) is 1. The fourth-order valence-electron chi connectivity index (χ4n) is 3.33. The summed E-state index contributed by atoms with van der Waals surface area (Å²) in [6, 6.07) is 12.1. The highest BCUT2D eigenvalue weighted by Gasteiger charge is 2.30. The fraction of sp³-hybridized carbons (Fsp3) is 0.381. The lowest BCUT2D eigenvalue weighted by molar-refractivity contribution is -0.137. The second-order valence-corrected chi connectivity index (χ2v) is 7.33. The van der Waals surface area contributed by atoms with Crippen molar-refractivity contribution in [2.24, 2.45) is 0 Å². The van der Waals surface area contributed by atoms with E-state index in [4.69, 9.17) is 16.3 Å². The molecule has 1 heterocycles. The summed E-state index contributed by atoms with van der Waals surface area (Å²) in [6.45, 7) is 2.83. The molecule has 162 valence electrons. The van der Waals surface area contributed by atoms with Gasteiger partial charge in [-0.25, -0.2) is 0 Å². The first-order valence-corrected chi connectivity index (χ1v) is 9.96. The first-order chi connectivity index (χ1) is 14.3. The average molecular weight is 442 g/mol. The number of amides is 1. The molecule has 5 nitrogen and oxygen atoms in total. The lowest BCUT2D eigenvalue weighted by Crippen LogP contribution is -2.44. The number of rotatable bonds is 7. The van der Waals surface area contributed by atoms with Gasteiger partial charge in [-0.1, -0.05) is 35.9 Å². The molecule has 1 unspecified atom stereocenters. The van der Waals surface area contributed by atoms with Crippen LogP contribution in [0, 0.1) is 0 Å². The Labute approximate surface area is 178 Å². The van der Waals surface area contributed by atoms with Crippen LogP contribution in [0.25, 0.3) is 0 Å². The predicted molar refractivity (Wildman–Crippen MR) is 110 cm³/mol. The minimum absolute atomic E-state index is 0.125. The molecule has 3 rings (SSSR count). The maximum absolute atomic E-state index is 12.8. The summed E-state index contributed by atoms with van der Waals surface area (Å²) >= 11 is 6.37. The van der Waals surface area contributed by atoms with E-state index in [1.807, 2.05) is 18.2 Å². The molecule has 1 aliphatic heterocycles. The molecule has 0 aromatic heterocycles. The van der Waals surface area contributed by atoms with Crippen LogP contribution in [0.5, 0.6) is 0 Å². The number of alkyl halides is 3. The zero-order valence-electron chi connectivity index (χ0n) is 16.2. The van der Waals surface area contributed by atoms with Gasteiger partial charge in [-0.2, -0.15) is 13.2 Å². The van der Waals surface area contributed by atoms with Gasteiger partial charge in [0.05, 0.1) is 31.4 Å². The maximum atomic E-state index is 12.8. The fourth-order valence-corrected chi connectivity index (χ4v) is 3.59. The molecule has 30 heavy (non-hydrogen) atoms. The summed E-state index contributed by atoms with van der Waals surface area (Å²) in [5, 5.41) is 6.21. The SMILES string of the molecule is O=C(CNc1cccc(C(F)(F)F)c1)NCC(c1ccccc1Cl)N1CCOCC1. The van der Waals surface area contributed by atoms with Gasteiger partial charge in [0, 0.05) is 30.3 Å². The van der Waals surface area contributed by atoms with E-state index in [0.717, 1.165) is 17.7 Å². The smallest absolute Gasteiger partial charge is 0.379 e. The summed E-state index contributed by atoms with van der Waals surface area (Å²) in [6.07, 6.45) is -4.43. The highest BCUT2D eigenvalue weighted by Crippen LogP contribution is 2.30. The Kier molecular flexibility index (Phi) is 7.58. The van der Waals surface area contributed by atoms with Gasteiger partial charge in [-0.3, -0.25) is 9.69 Å². The van der Waals surface area contributed by atoms with E-state index in [1.165, 1.54) is 12.1 Å². The van der Waals surface area contributed by atoms with Gasteiger partial charge in [0.15, 0.2) is 0 Å². The lowest BCUT2D eigenvalue weighted by Gasteiger charge is -2.35. The normalized spacial score (nSPS) is 16.1. The van der Waals surface area contributed by atoms with E-state index in [-0.39, 0.29) is 24.2 Å². The van der Waals surface area contributed by atoms with Gasteiger partial charge in [0.2, 0.25) is 5.91 Å². The standard InChI is InChI=1S/C21H23ClF3N3O2/c22-18-7-2-1-6-17(18)19(28-8-10-30-11-9-28)13-27-20(29)14-26-16-5-3-4-15(12-16)21(23,24)25/h1-7,12,19,26H,8-11,13-14H2,(H,27,29). The minimum atomic E-state index is -4.43. The number of morpholine rings is 1. The molecule has 0 saturated carbocycles. The molecule has 0 spiro atoms. The molecule has 1 aliphatic rings. The van der Waals surface area contributed by atoms with Gasteiger partial charge >= 0.3 is 6.18 Å². The maximum Gasteiger partial charge on any atom is 0.416 e. The van der Waals surface area contributed by atoms with Crippen molar-refractivity contribution in [3.63, 3.8) is 0 Å². The van der Waals surface area contributed by atoms with Gasteiger partial charge in [-0.15, -0.1) is 0 Å². The van der Waals surface area contributed by atoms with Crippen molar-refractivity contribution in [1.82, 2.24) is 10.2 Å². The number of benzene rings is 2. The average Bonchev–Trinajstić information content (AvgIpc) is 2.74. The number of nitrogens with zero attached hydrogens (tertiary/aromatic N) is 1. The summed E-state index contributed by atoms with van der Waals surface area (Å²) in [5.74, 6) is -0.322. The molecule has 1 amide bonds. The first-order valence-electron chi connectivity index (χ1n) is 9.58. The summed E-state index contributed by atoms with van der Waals surface area (Å²) < 4.78 is 43.9. The third-order valence-corrected chi connectivity index (χ3v) is 5.23. The van der Waals surface area contributed by atoms with Crippen molar-refractivity contribution in [3.8, 4) is 0 Å². The van der Waals surface area contributed by atoms with Crippen LogP contribution in [-0.2, 0) is 15.7 Å². The van der Waals surface area contributed by atoms with Crippen LogP contribution in [0.2, 0.25) is 5.02 Å². The Balaban J connectivity index is 1.60. The van der Waals surface area contributed by atoms with E-state index in [9.17, 15) is 18.0 Å². The third kappa shape index (κ3) is 6.10. The molecule has 2 N–H and O–H groups in total. The zero-order chi connectivity index (χ0) is 21.6. The Morgan fingerprint density at radius 3 is 2.57 bits per heavy atom. The van der Waals surface area contributed by atoms with E-state index < -0.39 is 11.7 Å². The van der Waals surface area contributed by atoms with E-state index in [0.29, 0.717) is 37.9 Å². The van der Waals surface area contributed by atoms with Gasteiger partial charge in [0.1, 0.15) is 0 Å². The van der Waals surface area contributed by atoms with Crippen molar-refractivity contribution in [2.45, 2.75) is 12.2 Å². The Morgan fingerprint density at radius 1 is 1.13 bits per heavy atom. The quantitative estimate of drug-likeness (QED) is 0.683. The lowest BCUT2D eigenvalue weighted by atomic mass is 10.0.